The average molecular weight is 419 g/mol. The smallest absolute Gasteiger partial charge is 0.386 e. The van der Waals surface area contributed by atoms with Crippen molar-refractivity contribution in [2.24, 2.45) is 0 Å². The summed E-state index contributed by atoms with van der Waals surface area (Å²) < 4.78 is 28.8. The number of rotatable bonds is 4. The summed E-state index contributed by atoms with van der Waals surface area (Å²) in [5.74, 6) is 0.543. The van der Waals surface area contributed by atoms with Crippen LogP contribution in [0.25, 0.3) is 11.2 Å². The van der Waals surface area contributed by atoms with Gasteiger partial charge in [-0.2, -0.15) is 0 Å². The molecule has 5 atom stereocenters. The van der Waals surface area contributed by atoms with Gasteiger partial charge in [0.15, 0.2) is 23.2 Å². The third-order valence-electron chi connectivity index (χ3n) is 4.90. The molecule has 5 unspecified atom stereocenters. The van der Waals surface area contributed by atoms with Gasteiger partial charge in [-0.25, -0.2) is 19.5 Å². The highest BCUT2D eigenvalue weighted by Gasteiger charge is 2.52. The van der Waals surface area contributed by atoms with Crippen LogP contribution in [0.15, 0.2) is 43.0 Å². The van der Waals surface area contributed by atoms with Crippen LogP contribution >= 0.6 is 7.82 Å². The first-order valence-corrected chi connectivity index (χ1v) is 10.5. The van der Waals surface area contributed by atoms with Crippen LogP contribution in [0.1, 0.15) is 11.8 Å². The van der Waals surface area contributed by atoms with Crippen LogP contribution in [0, 0.1) is 0 Å². The van der Waals surface area contributed by atoms with Crippen LogP contribution in [0.5, 0.6) is 0 Å². The molecule has 152 valence electrons. The lowest BCUT2D eigenvalue weighted by atomic mass is 10.1. The fourth-order valence-electron chi connectivity index (χ4n) is 3.51. The summed E-state index contributed by atoms with van der Waals surface area (Å²) in [6.45, 7) is 0.404. The molecule has 5 rings (SSSR count). The van der Waals surface area contributed by atoms with E-state index < -0.39 is 32.4 Å². The first-order chi connectivity index (χ1) is 14.0. The Morgan fingerprint density at radius 1 is 1.24 bits per heavy atom. The predicted molar refractivity (Wildman–Crippen MR) is 99.7 cm³/mol. The molecule has 11 nitrogen and oxygen atoms in total. The number of imidazole rings is 1. The first kappa shape index (κ1) is 18.6. The van der Waals surface area contributed by atoms with E-state index in [1.165, 1.54) is 12.7 Å². The molecule has 2 saturated heterocycles. The lowest BCUT2D eigenvalue weighted by Crippen LogP contribution is -2.39. The number of hydrogen-bond donors (Lipinski definition) is 3. The zero-order valence-electron chi connectivity index (χ0n) is 15.0. The van der Waals surface area contributed by atoms with Gasteiger partial charge in [0.25, 0.3) is 0 Å². The molecule has 0 spiro atoms. The molecular formula is C17H18N5O6P. The summed E-state index contributed by atoms with van der Waals surface area (Å²) in [4.78, 5) is 22.4. The number of hydrogen-bond acceptors (Lipinski definition) is 9. The number of fused-ring (bicyclic) bond motifs is 2. The number of nitrogens with one attached hydrogen (secondary N) is 1. The molecule has 29 heavy (non-hydrogen) atoms. The second-order valence-electron chi connectivity index (χ2n) is 6.78. The minimum atomic E-state index is -4.19. The Hall–Kier alpha value is -2.40. The van der Waals surface area contributed by atoms with E-state index in [0.717, 1.165) is 5.56 Å². The summed E-state index contributed by atoms with van der Waals surface area (Å²) in [7, 11) is -4.19. The van der Waals surface area contributed by atoms with E-state index >= 15 is 0 Å². The molecule has 12 heteroatoms. The molecule has 2 fully saturated rings. The van der Waals surface area contributed by atoms with E-state index in [1.807, 2.05) is 30.3 Å². The number of aromatic nitrogens is 4. The van der Waals surface area contributed by atoms with E-state index in [-0.39, 0.29) is 6.61 Å². The van der Waals surface area contributed by atoms with Crippen molar-refractivity contribution in [3.05, 3.63) is 48.5 Å². The molecular weight excluding hydrogens is 401 g/mol. The van der Waals surface area contributed by atoms with Crippen molar-refractivity contribution < 1.29 is 28.3 Å². The minimum absolute atomic E-state index is 0.155. The topological polar surface area (TPSA) is 141 Å². The van der Waals surface area contributed by atoms with Gasteiger partial charge >= 0.3 is 7.82 Å². The molecule has 2 aliphatic heterocycles. The van der Waals surface area contributed by atoms with Gasteiger partial charge in [-0.3, -0.25) is 13.6 Å². The maximum Gasteiger partial charge on any atom is 0.472 e. The molecule has 2 aromatic heterocycles. The summed E-state index contributed by atoms with van der Waals surface area (Å²) in [5.41, 5.74) is 2.05. The number of ether oxygens (including phenoxy) is 1. The number of anilines is 1. The monoisotopic (exact) mass is 419 g/mol. The maximum absolute atomic E-state index is 11.7. The van der Waals surface area contributed by atoms with Crippen LogP contribution in [-0.2, 0) is 24.9 Å². The van der Waals surface area contributed by atoms with E-state index in [0.29, 0.717) is 23.5 Å². The highest BCUT2D eigenvalue weighted by Crippen LogP contribution is 2.52. The molecule has 0 aliphatic carbocycles. The van der Waals surface area contributed by atoms with Crippen molar-refractivity contribution in [2.45, 2.75) is 31.1 Å². The van der Waals surface area contributed by atoms with Gasteiger partial charge in [0.05, 0.1) is 12.9 Å². The fourth-order valence-corrected chi connectivity index (χ4v) is 4.48. The summed E-state index contributed by atoms with van der Waals surface area (Å²) in [6.07, 6.45) is -0.883. The Bertz CT molecular complexity index is 1080. The number of nitrogens with zero attached hydrogens (tertiary/aromatic N) is 4. The van der Waals surface area contributed by atoms with Crippen molar-refractivity contribution >= 4 is 24.8 Å². The zero-order chi connectivity index (χ0) is 20.0. The van der Waals surface area contributed by atoms with Crippen molar-refractivity contribution in [3.63, 3.8) is 0 Å². The lowest BCUT2D eigenvalue weighted by Gasteiger charge is -2.27. The molecule has 0 bridgehead atoms. The number of aliphatic hydroxyl groups is 1. The van der Waals surface area contributed by atoms with E-state index in [9.17, 15) is 14.6 Å². The van der Waals surface area contributed by atoms with Gasteiger partial charge in [0.2, 0.25) is 0 Å². The third kappa shape index (κ3) is 3.42. The Morgan fingerprint density at radius 3 is 2.90 bits per heavy atom. The van der Waals surface area contributed by atoms with Gasteiger partial charge in [-0.15, -0.1) is 0 Å². The highest BCUT2D eigenvalue weighted by molar-refractivity contribution is 7.47. The average Bonchev–Trinajstić information content (AvgIpc) is 3.28. The molecule has 3 aromatic rings. The number of benzene rings is 1. The third-order valence-corrected chi connectivity index (χ3v) is 5.89. The number of phosphoric ester groups is 1. The number of phosphoric acid groups is 1. The van der Waals surface area contributed by atoms with Gasteiger partial charge in [0, 0.05) is 6.54 Å². The van der Waals surface area contributed by atoms with Crippen LogP contribution < -0.4 is 5.32 Å². The lowest BCUT2D eigenvalue weighted by molar-refractivity contribution is -0.0664. The Kier molecular flexibility index (Phi) is 4.58. The Balaban J connectivity index is 1.41. The number of aliphatic hydroxyl groups excluding tert-OH is 1. The molecule has 0 amide bonds. The second kappa shape index (κ2) is 7.13. The predicted octanol–water partition coefficient (Wildman–Crippen LogP) is 1.21. The quantitative estimate of drug-likeness (QED) is 0.529. The van der Waals surface area contributed by atoms with Crippen molar-refractivity contribution in [1.29, 1.82) is 0 Å². The SMILES string of the molecule is O=P1(O)OCC2OC(n3cnc4c(NCc5ccccc5)ncnc43)C(O)C2O1. The van der Waals surface area contributed by atoms with Gasteiger partial charge in [-0.05, 0) is 5.56 Å². The van der Waals surface area contributed by atoms with Gasteiger partial charge in [-0.1, -0.05) is 30.3 Å². The second-order valence-corrected chi connectivity index (χ2v) is 8.18. The van der Waals surface area contributed by atoms with Crippen molar-refractivity contribution in [1.82, 2.24) is 19.5 Å². The van der Waals surface area contributed by atoms with Crippen LogP contribution in [0.2, 0.25) is 0 Å². The van der Waals surface area contributed by atoms with Gasteiger partial charge < -0.3 is 20.1 Å². The van der Waals surface area contributed by atoms with Crippen LogP contribution in [0.3, 0.4) is 0 Å². The van der Waals surface area contributed by atoms with Crippen molar-refractivity contribution in [2.75, 3.05) is 11.9 Å². The molecule has 1 aromatic carbocycles. The molecule has 3 N–H and O–H groups in total. The van der Waals surface area contributed by atoms with Crippen LogP contribution in [0.4, 0.5) is 5.82 Å². The highest BCUT2D eigenvalue weighted by atomic mass is 31.2. The minimum Gasteiger partial charge on any atom is -0.386 e. The summed E-state index contributed by atoms with van der Waals surface area (Å²) >= 11 is 0. The molecule has 4 heterocycles. The van der Waals surface area contributed by atoms with Crippen molar-refractivity contribution in [3.8, 4) is 0 Å². The molecule has 0 radical (unpaired) electrons. The summed E-state index contributed by atoms with van der Waals surface area (Å²) in [5, 5.41) is 13.9. The standard InChI is InChI=1S/C17H18N5O6P/c23-13-14-11(7-26-29(24,25)28-14)27-17(13)22-9-21-12-15(19-8-20-16(12)22)18-6-10-4-2-1-3-5-10/h1-5,8-9,11,13-14,17,23H,6-7H2,(H,24,25)(H,18,19,20). The first-order valence-electron chi connectivity index (χ1n) is 8.96. The maximum atomic E-state index is 11.7. The Morgan fingerprint density at radius 2 is 2.07 bits per heavy atom. The Labute approximate surface area is 164 Å². The molecule has 0 saturated carbocycles. The molecule has 2 aliphatic rings. The van der Waals surface area contributed by atoms with Gasteiger partial charge in [0.1, 0.15) is 24.6 Å². The normalized spacial score (nSPS) is 31.7. The largest absolute Gasteiger partial charge is 0.472 e. The van der Waals surface area contributed by atoms with E-state index in [4.69, 9.17) is 13.8 Å². The van der Waals surface area contributed by atoms with E-state index in [1.54, 1.807) is 4.57 Å². The fraction of sp³-hybridized carbons (Fsp3) is 0.353. The van der Waals surface area contributed by atoms with Crippen LogP contribution in [-0.4, -0.2) is 54.4 Å². The zero-order valence-corrected chi connectivity index (χ0v) is 15.9. The summed E-state index contributed by atoms with van der Waals surface area (Å²) in [6, 6.07) is 9.85. The van der Waals surface area contributed by atoms with E-state index in [2.05, 4.69) is 20.3 Å².